The predicted octanol–water partition coefficient (Wildman–Crippen LogP) is 2.51. The first-order valence-corrected chi connectivity index (χ1v) is 8.24. The lowest BCUT2D eigenvalue weighted by Gasteiger charge is -2.14. The summed E-state index contributed by atoms with van der Waals surface area (Å²) in [6.07, 6.45) is 4.20. The fourth-order valence-electron chi connectivity index (χ4n) is 2.55. The number of hydrogen-bond acceptors (Lipinski definition) is 4. The molecule has 0 saturated heterocycles. The Morgan fingerprint density at radius 1 is 1.38 bits per heavy atom. The van der Waals surface area contributed by atoms with Crippen LogP contribution in [-0.4, -0.2) is 29.1 Å². The second-order valence-corrected chi connectivity index (χ2v) is 6.94. The number of amides is 1. The maximum atomic E-state index is 11.9. The third kappa shape index (κ3) is 3.60. The largest absolute Gasteiger partial charge is 0.396 e. The van der Waals surface area contributed by atoms with Crippen molar-refractivity contribution in [3.05, 3.63) is 29.3 Å². The van der Waals surface area contributed by atoms with Gasteiger partial charge < -0.3 is 10.4 Å². The molecule has 2 N–H and O–H groups in total. The monoisotopic (exact) mass is 304 g/mol. The van der Waals surface area contributed by atoms with Crippen LogP contribution in [0.5, 0.6) is 0 Å². The quantitative estimate of drug-likeness (QED) is 0.826. The van der Waals surface area contributed by atoms with Crippen molar-refractivity contribution >= 4 is 27.5 Å². The van der Waals surface area contributed by atoms with E-state index in [2.05, 4.69) is 16.4 Å². The normalized spacial score (nSPS) is 16.0. The Balaban J connectivity index is 1.47. The highest BCUT2D eigenvalue weighted by Gasteiger charge is 2.41. The number of nitrogens with zero attached hydrogens (tertiary/aromatic N) is 1. The number of thiazole rings is 1. The van der Waals surface area contributed by atoms with Gasteiger partial charge >= 0.3 is 0 Å². The van der Waals surface area contributed by atoms with Crippen LogP contribution in [0.3, 0.4) is 0 Å². The summed E-state index contributed by atoms with van der Waals surface area (Å²) in [7, 11) is 0. The van der Waals surface area contributed by atoms with E-state index < -0.39 is 0 Å². The van der Waals surface area contributed by atoms with Gasteiger partial charge in [-0.25, -0.2) is 4.98 Å². The Labute approximate surface area is 128 Å². The zero-order valence-electron chi connectivity index (χ0n) is 12.0. The van der Waals surface area contributed by atoms with E-state index in [1.165, 1.54) is 4.70 Å². The smallest absolute Gasteiger partial charge is 0.220 e. The molecular formula is C16H20N2O2S. The Hall–Kier alpha value is -1.46. The number of carbonyl (C=O) groups is 1. The van der Waals surface area contributed by atoms with Crippen LogP contribution in [0.15, 0.2) is 24.3 Å². The molecule has 21 heavy (non-hydrogen) atoms. The first-order chi connectivity index (χ1) is 10.2. The highest BCUT2D eigenvalue weighted by molar-refractivity contribution is 7.18. The number of nitrogens with one attached hydrogen (secondary N) is 1. The lowest BCUT2D eigenvalue weighted by Crippen LogP contribution is -2.30. The molecule has 1 amide bonds. The number of para-hydroxylation sites is 1. The molecule has 112 valence electrons. The van der Waals surface area contributed by atoms with Crippen LogP contribution in [-0.2, 0) is 11.2 Å². The summed E-state index contributed by atoms with van der Waals surface area (Å²) >= 11 is 1.66. The zero-order valence-corrected chi connectivity index (χ0v) is 12.8. The number of rotatable bonds is 7. The lowest BCUT2D eigenvalue weighted by atomic mass is 10.0. The summed E-state index contributed by atoms with van der Waals surface area (Å²) in [6.45, 7) is 0.911. The average Bonchev–Trinajstić information content (AvgIpc) is 3.12. The molecule has 1 aliphatic rings. The third-order valence-electron chi connectivity index (χ3n) is 4.16. The van der Waals surface area contributed by atoms with E-state index in [9.17, 15) is 4.79 Å². The minimum Gasteiger partial charge on any atom is -0.396 e. The molecule has 0 aliphatic heterocycles. The van der Waals surface area contributed by atoms with Crippen molar-refractivity contribution in [1.29, 1.82) is 0 Å². The van der Waals surface area contributed by atoms with E-state index in [1.54, 1.807) is 11.3 Å². The Bertz CT molecular complexity index is 601. The van der Waals surface area contributed by atoms with Gasteiger partial charge in [0.05, 0.1) is 15.2 Å². The van der Waals surface area contributed by atoms with Crippen LogP contribution >= 0.6 is 11.3 Å². The van der Waals surface area contributed by atoms with Crippen molar-refractivity contribution in [3.8, 4) is 0 Å². The number of fused-ring (bicyclic) bond motifs is 1. The number of aromatic nitrogens is 1. The summed E-state index contributed by atoms with van der Waals surface area (Å²) in [5.74, 6) is 0.0819. The molecule has 1 aromatic heterocycles. The number of carbonyl (C=O) groups excluding carboxylic acids is 1. The van der Waals surface area contributed by atoms with Gasteiger partial charge in [0.1, 0.15) is 0 Å². The summed E-state index contributed by atoms with van der Waals surface area (Å²) in [5.41, 5.74) is 1.19. The number of hydrogen-bond donors (Lipinski definition) is 2. The van der Waals surface area contributed by atoms with Gasteiger partial charge in [-0.1, -0.05) is 12.1 Å². The minimum atomic E-state index is 0.0819. The van der Waals surface area contributed by atoms with Crippen LogP contribution in [0, 0.1) is 5.41 Å². The van der Waals surface area contributed by atoms with Crippen LogP contribution in [0.2, 0.25) is 0 Å². The molecule has 0 unspecified atom stereocenters. The number of aliphatic hydroxyl groups is 1. The SMILES string of the molecule is O=C(CCc1nc2ccccc2s1)NCC1(CCO)CC1. The summed E-state index contributed by atoms with van der Waals surface area (Å²) in [4.78, 5) is 16.5. The molecule has 1 heterocycles. The van der Waals surface area contributed by atoms with Gasteiger partial charge in [-0.05, 0) is 36.8 Å². The van der Waals surface area contributed by atoms with Gasteiger partial charge in [0.2, 0.25) is 5.91 Å². The molecule has 1 saturated carbocycles. The van der Waals surface area contributed by atoms with Crippen molar-refractivity contribution in [1.82, 2.24) is 10.3 Å². The summed E-state index contributed by atoms with van der Waals surface area (Å²) in [6, 6.07) is 8.05. The number of benzene rings is 1. The molecule has 0 radical (unpaired) electrons. The van der Waals surface area contributed by atoms with Gasteiger partial charge in [-0.15, -0.1) is 11.3 Å². The van der Waals surface area contributed by atoms with E-state index >= 15 is 0 Å². The van der Waals surface area contributed by atoms with E-state index in [1.807, 2.05) is 18.2 Å². The maximum Gasteiger partial charge on any atom is 0.220 e. The molecule has 1 aliphatic carbocycles. The third-order valence-corrected chi connectivity index (χ3v) is 5.26. The minimum absolute atomic E-state index is 0.0819. The molecule has 1 aromatic carbocycles. The molecular weight excluding hydrogens is 284 g/mol. The molecule has 4 nitrogen and oxygen atoms in total. The second kappa shape index (κ2) is 6.12. The van der Waals surface area contributed by atoms with Crippen LogP contribution in [0.25, 0.3) is 10.2 Å². The van der Waals surface area contributed by atoms with Gasteiger partial charge in [0, 0.05) is 26.0 Å². The summed E-state index contributed by atoms with van der Waals surface area (Å²) < 4.78 is 1.17. The van der Waals surface area contributed by atoms with E-state index in [4.69, 9.17) is 5.11 Å². The molecule has 0 spiro atoms. The van der Waals surface area contributed by atoms with Gasteiger partial charge in [-0.2, -0.15) is 0 Å². The fraction of sp³-hybridized carbons (Fsp3) is 0.500. The predicted molar refractivity (Wildman–Crippen MR) is 84.3 cm³/mol. The Kier molecular flexibility index (Phi) is 4.22. The average molecular weight is 304 g/mol. The van der Waals surface area contributed by atoms with Crippen molar-refractivity contribution in [3.63, 3.8) is 0 Å². The highest BCUT2D eigenvalue weighted by Crippen LogP contribution is 2.47. The standard InChI is InChI=1S/C16H20N2O2S/c19-10-9-16(7-8-16)11-17-14(20)5-6-15-18-12-3-1-2-4-13(12)21-15/h1-4,19H,5-11H2,(H,17,20). The fourth-order valence-corrected chi connectivity index (χ4v) is 3.52. The zero-order chi connectivity index (χ0) is 14.7. The summed E-state index contributed by atoms with van der Waals surface area (Å²) in [5, 5.41) is 13.0. The molecule has 3 rings (SSSR count). The van der Waals surface area contributed by atoms with Gasteiger partial charge in [0.15, 0.2) is 0 Å². The lowest BCUT2D eigenvalue weighted by molar-refractivity contribution is -0.121. The van der Waals surface area contributed by atoms with Gasteiger partial charge in [0.25, 0.3) is 0 Å². The van der Waals surface area contributed by atoms with Gasteiger partial charge in [-0.3, -0.25) is 4.79 Å². The van der Waals surface area contributed by atoms with Crippen LogP contribution < -0.4 is 5.32 Å². The number of aliphatic hydroxyl groups excluding tert-OH is 1. The first-order valence-electron chi connectivity index (χ1n) is 7.43. The van der Waals surface area contributed by atoms with Crippen LogP contribution in [0.1, 0.15) is 30.7 Å². The highest BCUT2D eigenvalue weighted by atomic mass is 32.1. The van der Waals surface area contributed by atoms with Crippen molar-refractivity contribution in [2.75, 3.05) is 13.2 Å². The van der Waals surface area contributed by atoms with Crippen LogP contribution in [0.4, 0.5) is 0 Å². The molecule has 5 heteroatoms. The maximum absolute atomic E-state index is 11.9. The second-order valence-electron chi connectivity index (χ2n) is 5.83. The van der Waals surface area contributed by atoms with E-state index in [0.717, 1.165) is 29.8 Å². The van der Waals surface area contributed by atoms with Crippen molar-refractivity contribution in [2.24, 2.45) is 5.41 Å². The Morgan fingerprint density at radius 2 is 2.19 bits per heavy atom. The Morgan fingerprint density at radius 3 is 2.90 bits per heavy atom. The molecule has 1 fully saturated rings. The molecule has 0 atom stereocenters. The van der Waals surface area contributed by atoms with E-state index in [-0.39, 0.29) is 17.9 Å². The topological polar surface area (TPSA) is 62.2 Å². The molecule has 0 bridgehead atoms. The number of aryl methyl sites for hydroxylation is 1. The first kappa shape index (κ1) is 14.5. The van der Waals surface area contributed by atoms with Crippen molar-refractivity contribution in [2.45, 2.75) is 32.1 Å². The van der Waals surface area contributed by atoms with Crippen molar-refractivity contribution < 1.29 is 9.90 Å². The van der Waals surface area contributed by atoms with E-state index in [0.29, 0.717) is 19.4 Å². The molecule has 2 aromatic rings.